The van der Waals surface area contributed by atoms with Crippen LogP contribution in [0.25, 0.3) is 0 Å². The maximum atomic E-state index is 14.6. The second kappa shape index (κ2) is 22.8. The molecule has 0 saturated heterocycles. The van der Waals surface area contributed by atoms with Crippen LogP contribution in [-0.2, 0) is 60.1 Å². The van der Waals surface area contributed by atoms with E-state index < -0.39 is 150 Å². The van der Waals surface area contributed by atoms with Crippen molar-refractivity contribution in [3.63, 3.8) is 0 Å². The SMILES string of the molecule is CCCCCCCCN(S(=O)(=O)c1ccc(N(S(=O)(=O)c2ccc([N+](=O)[O-])cc2)S(=O)(=O)c2ccc([N+](=O)[O-])cc2)cc1)S(=O)(=O)c1ccc(N(S(=O)(=O)c2ccc([N+](=O)[O-])cc2)S(=O)(=O)c2ccc([N+](=O)[O-])cc2)cc1. The van der Waals surface area contributed by atoms with Gasteiger partial charge in [-0.25, -0.2) is 50.5 Å². The molecular formula is C44H41N7O20S6. The van der Waals surface area contributed by atoms with Crippen LogP contribution in [0.2, 0.25) is 0 Å². The number of nitrogens with zero attached hydrogens (tertiary/aromatic N) is 7. The minimum atomic E-state index is -5.34. The second-order valence-corrected chi connectivity index (χ2v) is 27.7. The fourth-order valence-corrected chi connectivity index (χ4v) is 18.4. The Morgan fingerprint density at radius 2 is 0.519 bits per heavy atom. The predicted molar refractivity (Wildman–Crippen MR) is 273 cm³/mol. The van der Waals surface area contributed by atoms with Crippen molar-refractivity contribution in [1.82, 2.24) is 3.71 Å². The monoisotopic (exact) mass is 1180 g/mol. The van der Waals surface area contributed by atoms with Gasteiger partial charge in [-0.3, -0.25) is 40.5 Å². The van der Waals surface area contributed by atoms with E-state index in [2.05, 4.69) is 0 Å². The molecule has 0 fully saturated rings. The van der Waals surface area contributed by atoms with E-state index in [0.717, 1.165) is 110 Å². The molecule has 0 aliphatic carbocycles. The number of nitro groups is 4. The van der Waals surface area contributed by atoms with E-state index in [4.69, 9.17) is 0 Å². The summed E-state index contributed by atoms with van der Waals surface area (Å²) < 4.78 is 172. The first-order valence-corrected chi connectivity index (χ1v) is 30.7. The van der Waals surface area contributed by atoms with Crippen molar-refractivity contribution < 1.29 is 70.2 Å². The van der Waals surface area contributed by atoms with Gasteiger partial charge in [-0.15, -0.1) is 0 Å². The van der Waals surface area contributed by atoms with Crippen LogP contribution in [0.5, 0.6) is 0 Å². The molecule has 27 nitrogen and oxygen atoms in total. The van der Waals surface area contributed by atoms with Crippen molar-refractivity contribution in [3.05, 3.63) is 186 Å². The highest BCUT2D eigenvalue weighted by atomic mass is 32.3. The lowest BCUT2D eigenvalue weighted by atomic mass is 10.1. The lowest BCUT2D eigenvalue weighted by Crippen LogP contribution is -2.38. The maximum Gasteiger partial charge on any atom is 0.277 e. The Morgan fingerprint density at radius 1 is 0.312 bits per heavy atom. The summed E-state index contributed by atoms with van der Waals surface area (Å²) in [5.41, 5.74) is -3.91. The molecule has 0 spiro atoms. The molecule has 408 valence electrons. The Balaban J connectivity index is 1.45. The molecule has 0 bridgehead atoms. The zero-order valence-corrected chi connectivity index (χ0v) is 44.5. The summed E-state index contributed by atoms with van der Waals surface area (Å²) in [7, 11) is -32.0. The number of hydrogen-bond donors (Lipinski definition) is 0. The van der Waals surface area contributed by atoms with Crippen molar-refractivity contribution in [2.75, 3.05) is 14.0 Å². The summed E-state index contributed by atoms with van der Waals surface area (Å²) in [6.07, 6.45) is 3.07. The molecule has 0 heterocycles. The molecule has 33 heteroatoms. The third kappa shape index (κ3) is 12.2. The fourth-order valence-electron chi connectivity index (χ4n) is 7.26. The third-order valence-corrected chi connectivity index (χ3v) is 23.9. The van der Waals surface area contributed by atoms with Crippen LogP contribution in [0.3, 0.4) is 0 Å². The molecule has 0 unspecified atom stereocenters. The first-order valence-electron chi connectivity index (χ1n) is 22.1. The standard InChI is InChI=1S/C44H41N7O20S6/c1-2-3-4-5-6-7-32-45(72(60,61)39-28-16-37(17-29-39)50(74(64,65)41-20-8-33(9-21-41)46(52)53)75(66,67)42-22-10-34(11-23-42)47(54)55)73(62,63)40-30-18-38(19-31-40)51(76(68,69)43-24-12-35(13-25-43)48(56)57)77(70,71)44-26-14-36(15-27-44)49(58)59/h8-31H,2-7,32H2,1H3. The summed E-state index contributed by atoms with van der Waals surface area (Å²) in [4.78, 5) is 36.9. The molecule has 0 aliphatic rings. The molecule has 0 amide bonds. The lowest BCUT2D eigenvalue weighted by Gasteiger charge is -2.26. The summed E-state index contributed by atoms with van der Waals surface area (Å²) in [5, 5.41) is 45.3. The normalized spacial score (nSPS) is 12.4. The highest BCUT2D eigenvalue weighted by Gasteiger charge is 2.42. The number of rotatable bonds is 25. The number of anilines is 2. The van der Waals surface area contributed by atoms with E-state index in [9.17, 15) is 91.0 Å². The number of hydrogen-bond acceptors (Lipinski definition) is 20. The highest BCUT2D eigenvalue weighted by molar-refractivity contribution is 8.11. The van der Waals surface area contributed by atoms with Gasteiger partial charge in [0.15, 0.2) is 0 Å². The molecule has 6 aromatic rings. The largest absolute Gasteiger partial charge is 0.277 e. The van der Waals surface area contributed by atoms with E-state index in [0.29, 0.717) is 67.8 Å². The van der Waals surface area contributed by atoms with Gasteiger partial charge in [0.2, 0.25) is 0 Å². The van der Waals surface area contributed by atoms with Crippen LogP contribution in [0.4, 0.5) is 34.1 Å². The number of non-ortho nitro benzene ring substituents is 4. The van der Waals surface area contributed by atoms with Gasteiger partial charge >= 0.3 is 0 Å². The average molecular weight is 1180 g/mol. The van der Waals surface area contributed by atoms with E-state index in [1.54, 1.807) is 0 Å². The van der Waals surface area contributed by atoms with Gasteiger partial charge < -0.3 is 0 Å². The van der Waals surface area contributed by atoms with Crippen LogP contribution in [-0.4, -0.2) is 80.5 Å². The van der Waals surface area contributed by atoms with Gasteiger partial charge in [-0.1, -0.05) is 42.7 Å². The van der Waals surface area contributed by atoms with Gasteiger partial charge in [0.1, 0.15) is 0 Å². The summed E-state index contributed by atoms with van der Waals surface area (Å²) in [6.45, 7) is 1.19. The Labute approximate surface area is 440 Å². The van der Waals surface area contributed by atoms with Crippen LogP contribution in [0.15, 0.2) is 175 Å². The number of nitro benzene ring substituents is 4. The first kappa shape index (κ1) is 58.4. The first-order chi connectivity index (χ1) is 36.0. The molecular weight excluding hydrogens is 1140 g/mol. The van der Waals surface area contributed by atoms with Crippen molar-refractivity contribution in [3.8, 4) is 0 Å². The Kier molecular flexibility index (Phi) is 17.3. The smallest absolute Gasteiger partial charge is 0.258 e. The summed E-state index contributed by atoms with van der Waals surface area (Å²) in [5.74, 6) is 0. The Bertz CT molecular complexity index is 3500. The van der Waals surface area contributed by atoms with Crippen molar-refractivity contribution in [2.45, 2.75) is 74.8 Å². The Hall–Kier alpha value is -7.82. The number of benzene rings is 6. The van der Waals surface area contributed by atoms with Crippen molar-refractivity contribution in [1.29, 1.82) is 0 Å². The predicted octanol–water partition coefficient (Wildman–Crippen LogP) is 7.23. The average Bonchev–Trinajstić information content (AvgIpc) is 3.42. The van der Waals surface area contributed by atoms with Crippen LogP contribution in [0.1, 0.15) is 45.4 Å². The molecule has 0 radical (unpaired) electrons. The molecule has 0 aromatic heterocycles. The number of sulfonamides is 6. The van der Waals surface area contributed by atoms with Crippen molar-refractivity contribution >= 4 is 94.3 Å². The zero-order valence-electron chi connectivity index (χ0n) is 39.6. The molecule has 0 N–H and O–H groups in total. The molecule has 0 atom stereocenters. The van der Waals surface area contributed by atoms with Crippen molar-refractivity contribution in [2.24, 2.45) is 0 Å². The summed E-state index contributed by atoms with van der Waals surface area (Å²) in [6, 6.07) is 17.3. The van der Waals surface area contributed by atoms with Gasteiger partial charge in [0, 0.05) is 55.1 Å². The molecule has 0 aliphatic heterocycles. The minimum absolute atomic E-state index is 0.0713. The highest BCUT2D eigenvalue weighted by Crippen LogP contribution is 2.37. The quantitative estimate of drug-likeness (QED) is 0.0310. The van der Waals surface area contributed by atoms with E-state index in [1.807, 2.05) is 6.92 Å². The second-order valence-electron chi connectivity index (χ2n) is 16.2. The van der Waals surface area contributed by atoms with Gasteiger partial charge in [0.05, 0.1) is 60.4 Å². The van der Waals surface area contributed by atoms with Crippen LogP contribution < -0.4 is 7.42 Å². The van der Waals surface area contributed by atoms with Crippen LogP contribution >= 0.6 is 0 Å². The Morgan fingerprint density at radius 3 is 0.753 bits per heavy atom. The summed E-state index contributed by atoms with van der Waals surface area (Å²) >= 11 is 0. The molecule has 77 heavy (non-hydrogen) atoms. The lowest BCUT2D eigenvalue weighted by molar-refractivity contribution is -0.385. The van der Waals surface area contributed by atoms with Gasteiger partial charge in [-0.05, 0) is 103 Å². The number of unbranched alkanes of at least 4 members (excludes halogenated alkanes) is 5. The van der Waals surface area contributed by atoms with Gasteiger partial charge in [0.25, 0.3) is 82.9 Å². The van der Waals surface area contributed by atoms with E-state index in [1.165, 1.54) is 0 Å². The van der Waals surface area contributed by atoms with E-state index >= 15 is 0 Å². The van der Waals surface area contributed by atoms with Crippen LogP contribution in [0, 0.1) is 40.5 Å². The van der Waals surface area contributed by atoms with Gasteiger partial charge in [-0.2, -0.15) is 7.42 Å². The zero-order chi connectivity index (χ0) is 56.9. The van der Waals surface area contributed by atoms with E-state index in [-0.39, 0.29) is 17.6 Å². The topological polar surface area (TPSA) is 387 Å². The maximum absolute atomic E-state index is 14.6. The molecule has 6 rings (SSSR count). The fraction of sp³-hybridized carbons (Fsp3) is 0.182. The third-order valence-electron chi connectivity index (χ3n) is 11.2. The molecule has 0 saturated carbocycles. The minimum Gasteiger partial charge on any atom is -0.258 e. The molecule has 6 aromatic carbocycles.